The zero-order chi connectivity index (χ0) is 13.7. The highest BCUT2D eigenvalue weighted by Crippen LogP contribution is 2.27. The molecule has 0 amide bonds. The van der Waals surface area contributed by atoms with Gasteiger partial charge in [0.05, 0.1) is 0 Å². The summed E-state index contributed by atoms with van der Waals surface area (Å²) in [5.41, 5.74) is 2.59. The maximum absolute atomic E-state index is 4.77. The van der Waals surface area contributed by atoms with Crippen LogP contribution < -0.4 is 5.32 Å². The second kappa shape index (κ2) is 6.96. The molecule has 2 rings (SSSR count). The summed E-state index contributed by atoms with van der Waals surface area (Å²) >= 11 is 0. The molecule has 1 aromatic heterocycles. The lowest BCUT2D eigenvalue weighted by molar-refractivity contribution is 0.407. The highest BCUT2D eigenvalue weighted by molar-refractivity contribution is 5.24. The number of nitrogens with zero attached hydrogens (tertiary/aromatic N) is 3. The summed E-state index contributed by atoms with van der Waals surface area (Å²) in [7, 11) is 4.17. The Kier molecular flexibility index (Phi) is 5.28. The summed E-state index contributed by atoms with van der Waals surface area (Å²) in [5.74, 6) is 0.989. The molecule has 4 heteroatoms. The molecule has 1 unspecified atom stereocenters. The van der Waals surface area contributed by atoms with Crippen LogP contribution in [0.2, 0.25) is 0 Å². The van der Waals surface area contributed by atoms with Gasteiger partial charge in [-0.1, -0.05) is 6.92 Å². The summed E-state index contributed by atoms with van der Waals surface area (Å²) in [4.78, 5) is 11.5. The predicted octanol–water partition coefficient (Wildman–Crippen LogP) is 1.96. The number of hydrogen-bond donors (Lipinski definition) is 1. The van der Waals surface area contributed by atoms with Gasteiger partial charge in [-0.3, -0.25) is 0 Å². The molecule has 1 aliphatic carbocycles. The van der Waals surface area contributed by atoms with Gasteiger partial charge in [-0.05, 0) is 46.3 Å². The third-order valence-corrected chi connectivity index (χ3v) is 3.66. The average molecular weight is 262 g/mol. The highest BCUT2D eigenvalue weighted by atomic mass is 15.1. The molecular weight excluding hydrogens is 236 g/mol. The van der Waals surface area contributed by atoms with Crippen molar-refractivity contribution in [2.24, 2.45) is 0 Å². The molecule has 0 radical (unpaired) electrons. The van der Waals surface area contributed by atoms with E-state index in [1.54, 1.807) is 0 Å². The summed E-state index contributed by atoms with van der Waals surface area (Å²) < 4.78 is 0. The standard InChI is InChI=1S/C15H26N4/c1-4-9-16-13-6-5-7-14-12(13)11-17-15(18-14)8-10-19(2)3/h11,13,16H,4-10H2,1-3H3. The first-order chi connectivity index (χ1) is 9.20. The van der Waals surface area contributed by atoms with E-state index in [1.807, 2.05) is 0 Å². The molecule has 1 heterocycles. The van der Waals surface area contributed by atoms with Crippen molar-refractivity contribution >= 4 is 0 Å². The Morgan fingerprint density at radius 1 is 1.42 bits per heavy atom. The Balaban J connectivity index is 2.07. The van der Waals surface area contributed by atoms with E-state index in [2.05, 4.69) is 42.4 Å². The summed E-state index contributed by atoms with van der Waals surface area (Å²) in [6.07, 6.45) is 7.73. The molecule has 1 atom stereocenters. The van der Waals surface area contributed by atoms with E-state index in [1.165, 1.54) is 30.5 Å². The molecule has 0 bridgehead atoms. The second-order valence-electron chi connectivity index (χ2n) is 5.64. The molecule has 0 spiro atoms. The first kappa shape index (κ1) is 14.4. The Labute approximate surface area is 116 Å². The van der Waals surface area contributed by atoms with Crippen molar-refractivity contribution in [3.05, 3.63) is 23.3 Å². The fourth-order valence-electron chi connectivity index (χ4n) is 2.56. The van der Waals surface area contributed by atoms with Crippen molar-refractivity contribution in [1.29, 1.82) is 0 Å². The van der Waals surface area contributed by atoms with Gasteiger partial charge in [0.25, 0.3) is 0 Å². The van der Waals surface area contributed by atoms with Gasteiger partial charge in [0, 0.05) is 36.5 Å². The molecule has 1 aromatic rings. The minimum atomic E-state index is 0.464. The van der Waals surface area contributed by atoms with Crippen molar-refractivity contribution in [3.63, 3.8) is 0 Å². The molecule has 0 fully saturated rings. The van der Waals surface area contributed by atoms with Gasteiger partial charge in [-0.15, -0.1) is 0 Å². The topological polar surface area (TPSA) is 41.1 Å². The average Bonchev–Trinajstić information content (AvgIpc) is 2.42. The van der Waals surface area contributed by atoms with Gasteiger partial charge in [-0.2, -0.15) is 0 Å². The Hall–Kier alpha value is -1.00. The van der Waals surface area contributed by atoms with E-state index < -0.39 is 0 Å². The molecule has 1 N–H and O–H groups in total. The highest BCUT2D eigenvalue weighted by Gasteiger charge is 2.21. The number of fused-ring (bicyclic) bond motifs is 1. The molecule has 0 aliphatic heterocycles. The third kappa shape index (κ3) is 3.98. The van der Waals surface area contributed by atoms with Crippen LogP contribution in [0.4, 0.5) is 0 Å². The lowest BCUT2D eigenvalue weighted by atomic mass is 9.92. The number of likely N-dealkylation sites (N-methyl/N-ethyl adjacent to an activating group) is 1. The second-order valence-corrected chi connectivity index (χ2v) is 5.64. The molecule has 0 saturated carbocycles. The summed E-state index contributed by atoms with van der Waals surface area (Å²) in [6, 6.07) is 0.464. The van der Waals surface area contributed by atoms with Crippen LogP contribution in [0, 0.1) is 0 Å². The van der Waals surface area contributed by atoms with Crippen LogP contribution in [-0.4, -0.2) is 42.1 Å². The van der Waals surface area contributed by atoms with Crippen molar-refractivity contribution in [2.45, 2.75) is 45.1 Å². The van der Waals surface area contributed by atoms with Crippen molar-refractivity contribution < 1.29 is 0 Å². The van der Waals surface area contributed by atoms with E-state index in [4.69, 9.17) is 4.98 Å². The predicted molar refractivity (Wildman–Crippen MR) is 78.3 cm³/mol. The summed E-state index contributed by atoms with van der Waals surface area (Å²) in [6.45, 7) is 4.29. The van der Waals surface area contributed by atoms with Gasteiger partial charge >= 0.3 is 0 Å². The number of aryl methyl sites for hydroxylation is 1. The fraction of sp³-hybridized carbons (Fsp3) is 0.733. The maximum atomic E-state index is 4.77. The zero-order valence-electron chi connectivity index (χ0n) is 12.4. The monoisotopic (exact) mass is 262 g/mol. The molecule has 0 aromatic carbocycles. The zero-order valence-corrected chi connectivity index (χ0v) is 12.4. The quantitative estimate of drug-likeness (QED) is 0.851. The van der Waals surface area contributed by atoms with Crippen molar-refractivity contribution in [2.75, 3.05) is 27.2 Å². The van der Waals surface area contributed by atoms with Crippen LogP contribution in [-0.2, 0) is 12.8 Å². The van der Waals surface area contributed by atoms with Gasteiger partial charge < -0.3 is 10.2 Å². The van der Waals surface area contributed by atoms with Crippen LogP contribution >= 0.6 is 0 Å². The first-order valence-electron chi connectivity index (χ1n) is 7.43. The van der Waals surface area contributed by atoms with Crippen molar-refractivity contribution in [3.8, 4) is 0 Å². The van der Waals surface area contributed by atoms with E-state index in [9.17, 15) is 0 Å². The van der Waals surface area contributed by atoms with E-state index >= 15 is 0 Å². The number of nitrogens with one attached hydrogen (secondary N) is 1. The van der Waals surface area contributed by atoms with E-state index in [0.29, 0.717) is 6.04 Å². The molecular formula is C15H26N4. The van der Waals surface area contributed by atoms with Gasteiger partial charge in [0.1, 0.15) is 5.82 Å². The lowest BCUT2D eigenvalue weighted by Gasteiger charge is -2.25. The minimum Gasteiger partial charge on any atom is -0.310 e. The van der Waals surface area contributed by atoms with Crippen LogP contribution in [0.5, 0.6) is 0 Å². The van der Waals surface area contributed by atoms with Crippen LogP contribution in [0.15, 0.2) is 6.20 Å². The Morgan fingerprint density at radius 2 is 2.26 bits per heavy atom. The first-order valence-corrected chi connectivity index (χ1v) is 7.43. The van der Waals surface area contributed by atoms with Crippen LogP contribution in [0.3, 0.4) is 0 Å². The van der Waals surface area contributed by atoms with Crippen LogP contribution in [0.25, 0.3) is 0 Å². The van der Waals surface area contributed by atoms with Crippen LogP contribution in [0.1, 0.15) is 49.3 Å². The lowest BCUT2D eigenvalue weighted by Crippen LogP contribution is -2.27. The SMILES string of the molecule is CCCNC1CCCc2nc(CCN(C)C)ncc21. The molecule has 1 aliphatic rings. The Morgan fingerprint density at radius 3 is 3.00 bits per heavy atom. The summed E-state index contributed by atoms with van der Waals surface area (Å²) in [5, 5.41) is 3.61. The number of rotatable bonds is 6. The maximum Gasteiger partial charge on any atom is 0.129 e. The number of hydrogen-bond acceptors (Lipinski definition) is 4. The molecule has 19 heavy (non-hydrogen) atoms. The van der Waals surface area contributed by atoms with Crippen molar-refractivity contribution in [1.82, 2.24) is 20.2 Å². The van der Waals surface area contributed by atoms with Gasteiger partial charge in [0.2, 0.25) is 0 Å². The minimum absolute atomic E-state index is 0.464. The Bertz CT molecular complexity index is 403. The van der Waals surface area contributed by atoms with E-state index in [-0.39, 0.29) is 0 Å². The smallest absolute Gasteiger partial charge is 0.129 e. The molecule has 106 valence electrons. The largest absolute Gasteiger partial charge is 0.310 e. The fourth-order valence-corrected chi connectivity index (χ4v) is 2.56. The molecule has 4 nitrogen and oxygen atoms in total. The van der Waals surface area contributed by atoms with Gasteiger partial charge in [0.15, 0.2) is 0 Å². The van der Waals surface area contributed by atoms with E-state index in [0.717, 1.165) is 31.8 Å². The van der Waals surface area contributed by atoms with Gasteiger partial charge in [-0.25, -0.2) is 9.97 Å². The number of aromatic nitrogens is 2. The molecule has 0 saturated heterocycles. The normalized spacial score (nSPS) is 18.6. The third-order valence-electron chi connectivity index (χ3n) is 3.66.